The Hall–Kier alpha value is -9.24. The van der Waals surface area contributed by atoms with Crippen molar-refractivity contribution in [2.75, 3.05) is 0 Å². The van der Waals surface area contributed by atoms with Crippen LogP contribution in [0.15, 0.2) is 267 Å². The van der Waals surface area contributed by atoms with E-state index < -0.39 is 5.41 Å². The third-order valence-corrected chi connectivity index (χ3v) is 14.9. The van der Waals surface area contributed by atoms with E-state index in [0.29, 0.717) is 5.82 Å². The molecule has 71 heavy (non-hydrogen) atoms. The summed E-state index contributed by atoms with van der Waals surface area (Å²) in [6.07, 6.45) is 0. The lowest BCUT2D eigenvalue weighted by atomic mass is 9.67. The molecule has 1 heterocycles. The molecule has 0 saturated heterocycles. The van der Waals surface area contributed by atoms with E-state index in [9.17, 15) is 0 Å². The first-order valence-corrected chi connectivity index (χ1v) is 24.5. The van der Waals surface area contributed by atoms with Gasteiger partial charge in [-0.2, -0.15) is 0 Å². The molecule has 330 valence electrons. The molecule has 0 unspecified atom stereocenters. The second-order valence-electron chi connectivity index (χ2n) is 18.8. The van der Waals surface area contributed by atoms with Crippen molar-refractivity contribution in [2.45, 2.75) is 5.41 Å². The quantitative estimate of drug-likeness (QED) is 0.142. The van der Waals surface area contributed by atoms with Crippen molar-refractivity contribution in [1.82, 2.24) is 9.97 Å². The fraction of sp³-hybridized carbons (Fsp3) is 0.0145. The predicted octanol–water partition coefficient (Wildman–Crippen LogP) is 17.7. The van der Waals surface area contributed by atoms with Crippen LogP contribution < -0.4 is 0 Å². The van der Waals surface area contributed by atoms with Crippen molar-refractivity contribution in [3.05, 3.63) is 289 Å². The lowest BCUT2D eigenvalue weighted by molar-refractivity contribution is 0.769. The van der Waals surface area contributed by atoms with E-state index in [1.807, 2.05) is 18.2 Å². The van der Waals surface area contributed by atoms with E-state index in [4.69, 9.17) is 9.97 Å². The maximum Gasteiger partial charge on any atom is 0.160 e. The number of fused-ring (bicyclic) bond motifs is 3. The van der Waals surface area contributed by atoms with Gasteiger partial charge in [0, 0.05) is 16.7 Å². The molecule has 0 N–H and O–H groups in total. The third-order valence-electron chi connectivity index (χ3n) is 14.9. The summed E-state index contributed by atoms with van der Waals surface area (Å²) in [5, 5.41) is 7.77. The fourth-order valence-electron chi connectivity index (χ4n) is 11.6. The summed E-state index contributed by atoms with van der Waals surface area (Å²) in [6, 6.07) is 97.5. The molecule has 0 fully saturated rings. The summed E-state index contributed by atoms with van der Waals surface area (Å²) in [6.45, 7) is 0. The molecule has 0 spiro atoms. The maximum atomic E-state index is 5.25. The second kappa shape index (κ2) is 16.5. The van der Waals surface area contributed by atoms with E-state index in [0.717, 1.165) is 39.2 Å². The molecule has 13 aromatic rings. The van der Waals surface area contributed by atoms with Crippen LogP contribution in [-0.2, 0) is 5.41 Å². The molecule has 2 nitrogen and oxygen atoms in total. The van der Waals surface area contributed by atoms with E-state index >= 15 is 0 Å². The second-order valence-corrected chi connectivity index (χ2v) is 18.8. The lowest BCUT2D eigenvalue weighted by Crippen LogP contribution is -2.28. The SMILES string of the molecule is c1ccc(-c2ccc(-c3cc(-c4cccc(-c5ccc6c(c5)C(c5ccccc5)(c5ccccc5)c5cc(-c7ccc8ccc9cccc%10ccc7c8c9%10)ccc5-6)c4)nc(-c4ccccc4)n3)cc2)cc1. The molecule has 1 aliphatic rings. The molecule has 14 rings (SSSR count). The van der Waals surface area contributed by atoms with Crippen molar-refractivity contribution in [3.8, 4) is 78.4 Å². The van der Waals surface area contributed by atoms with Crippen LogP contribution >= 0.6 is 0 Å². The summed E-state index contributed by atoms with van der Waals surface area (Å²) in [5.74, 6) is 0.697. The van der Waals surface area contributed by atoms with Gasteiger partial charge in [0.1, 0.15) is 0 Å². The smallest absolute Gasteiger partial charge is 0.160 e. The van der Waals surface area contributed by atoms with Crippen LogP contribution in [0.4, 0.5) is 0 Å². The van der Waals surface area contributed by atoms with Crippen LogP contribution in [0.25, 0.3) is 111 Å². The molecule has 1 aliphatic carbocycles. The highest BCUT2D eigenvalue weighted by Crippen LogP contribution is 2.58. The monoisotopic (exact) mass is 900 g/mol. The minimum Gasteiger partial charge on any atom is -0.228 e. The standard InChI is InChI=1S/C69H44N2/c1-5-15-45(16-6-1)46-27-29-47(30-28-46)64-44-65(71-68(70-64)51-17-7-2-8-18-51)55-22-14-21-52(41-55)53-35-38-59-60-39-36-54(58-37-33-50-32-31-48-19-13-20-49-34-40-61(58)67(50)66(48)49)43-63(60)69(62(59)42-53,56-23-9-3-10-24-56)57-25-11-4-12-26-57/h1-44H. The largest absolute Gasteiger partial charge is 0.228 e. The molecule has 1 aromatic heterocycles. The van der Waals surface area contributed by atoms with E-state index in [-0.39, 0.29) is 0 Å². The first-order valence-electron chi connectivity index (χ1n) is 24.5. The van der Waals surface area contributed by atoms with Crippen LogP contribution in [0, 0.1) is 0 Å². The zero-order chi connectivity index (χ0) is 46.9. The first kappa shape index (κ1) is 40.8. The summed E-state index contributed by atoms with van der Waals surface area (Å²) < 4.78 is 0. The maximum absolute atomic E-state index is 5.25. The van der Waals surface area contributed by atoms with Gasteiger partial charge in [-0.05, 0) is 123 Å². The number of hydrogen-bond acceptors (Lipinski definition) is 2. The average Bonchev–Trinajstić information content (AvgIpc) is 3.75. The topological polar surface area (TPSA) is 25.8 Å². The van der Waals surface area contributed by atoms with Gasteiger partial charge in [0.05, 0.1) is 16.8 Å². The molecule has 2 heteroatoms. The Morgan fingerprint density at radius 2 is 0.690 bits per heavy atom. The molecular weight excluding hydrogens is 857 g/mol. The van der Waals surface area contributed by atoms with Gasteiger partial charge in [-0.1, -0.05) is 243 Å². The Bertz CT molecular complexity index is 4070. The highest BCUT2D eigenvalue weighted by Gasteiger charge is 2.46. The van der Waals surface area contributed by atoms with Gasteiger partial charge in [-0.3, -0.25) is 0 Å². The number of nitrogens with zero attached hydrogens (tertiary/aromatic N) is 2. The highest BCUT2D eigenvalue weighted by atomic mass is 14.9. The molecular formula is C69H44N2. The highest BCUT2D eigenvalue weighted by molar-refractivity contribution is 6.25. The van der Waals surface area contributed by atoms with Crippen molar-refractivity contribution < 1.29 is 0 Å². The van der Waals surface area contributed by atoms with Crippen LogP contribution in [0.2, 0.25) is 0 Å². The van der Waals surface area contributed by atoms with Gasteiger partial charge < -0.3 is 0 Å². The number of benzene rings is 12. The van der Waals surface area contributed by atoms with E-state index in [1.54, 1.807) is 0 Å². The summed E-state index contributed by atoms with van der Waals surface area (Å²) in [7, 11) is 0. The molecule has 0 atom stereocenters. The number of hydrogen-bond donors (Lipinski definition) is 0. The van der Waals surface area contributed by atoms with E-state index in [1.165, 1.54) is 88.0 Å². The molecule has 0 aliphatic heterocycles. The molecule has 0 amide bonds. The Morgan fingerprint density at radius 3 is 1.35 bits per heavy atom. The minimum atomic E-state index is -0.594. The van der Waals surface area contributed by atoms with Gasteiger partial charge in [-0.15, -0.1) is 0 Å². The summed E-state index contributed by atoms with van der Waals surface area (Å²) in [5.41, 5.74) is 18.9. The normalized spacial score (nSPS) is 12.6. The zero-order valence-electron chi connectivity index (χ0n) is 38.8. The van der Waals surface area contributed by atoms with Crippen LogP contribution in [0.5, 0.6) is 0 Å². The average molecular weight is 901 g/mol. The van der Waals surface area contributed by atoms with Crippen LogP contribution in [-0.4, -0.2) is 9.97 Å². The van der Waals surface area contributed by atoms with Crippen molar-refractivity contribution in [3.63, 3.8) is 0 Å². The van der Waals surface area contributed by atoms with Crippen LogP contribution in [0.1, 0.15) is 22.3 Å². The molecule has 0 saturated carbocycles. The van der Waals surface area contributed by atoms with E-state index in [2.05, 4.69) is 249 Å². The van der Waals surface area contributed by atoms with Crippen molar-refractivity contribution in [1.29, 1.82) is 0 Å². The molecule has 12 aromatic carbocycles. The van der Waals surface area contributed by atoms with Gasteiger partial charge in [0.25, 0.3) is 0 Å². The van der Waals surface area contributed by atoms with Crippen molar-refractivity contribution in [2.24, 2.45) is 0 Å². The Labute approximate surface area is 413 Å². The summed E-state index contributed by atoms with van der Waals surface area (Å²) >= 11 is 0. The van der Waals surface area contributed by atoms with Crippen LogP contribution in [0.3, 0.4) is 0 Å². The zero-order valence-corrected chi connectivity index (χ0v) is 38.8. The Kier molecular flexibility index (Phi) is 9.47. The van der Waals surface area contributed by atoms with Gasteiger partial charge in [0.15, 0.2) is 5.82 Å². The molecule has 0 radical (unpaired) electrons. The Balaban J connectivity index is 0.923. The lowest BCUT2D eigenvalue weighted by Gasteiger charge is -2.34. The molecule has 0 bridgehead atoms. The van der Waals surface area contributed by atoms with Gasteiger partial charge in [-0.25, -0.2) is 9.97 Å². The third kappa shape index (κ3) is 6.64. The summed E-state index contributed by atoms with van der Waals surface area (Å²) in [4.78, 5) is 10.4. The number of aromatic nitrogens is 2. The van der Waals surface area contributed by atoms with Crippen molar-refractivity contribution >= 4 is 32.3 Å². The van der Waals surface area contributed by atoms with Gasteiger partial charge in [0.2, 0.25) is 0 Å². The minimum absolute atomic E-state index is 0.594. The first-order chi connectivity index (χ1) is 35.2. The number of rotatable bonds is 8. The predicted molar refractivity (Wildman–Crippen MR) is 296 cm³/mol. The van der Waals surface area contributed by atoms with Gasteiger partial charge >= 0.3 is 0 Å². The Morgan fingerprint density at radius 1 is 0.254 bits per heavy atom. The fourth-order valence-corrected chi connectivity index (χ4v) is 11.6.